The molecule has 0 aromatic rings. The number of hydrogen-bond acceptors (Lipinski definition) is 3. The monoisotopic (exact) mass is 229 g/mol. The van der Waals surface area contributed by atoms with Gasteiger partial charge in [-0.25, -0.2) is 0 Å². The van der Waals surface area contributed by atoms with Gasteiger partial charge in [0.1, 0.15) is 0 Å². The van der Waals surface area contributed by atoms with Crippen LogP contribution in [0.5, 0.6) is 0 Å². The summed E-state index contributed by atoms with van der Waals surface area (Å²) in [4.78, 5) is 2.27. The van der Waals surface area contributed by atoms with Gasteiger partial charge in [-0.15, -0.1) is 0 Å². The van der Waals surface area contributed by atoms with Crippen molar-refractivity contribution in [2.75, 3.05) is 33.9 Å². The first-order valence-corrected chi connectivity index (χ1v) is 6.52. The van der Waals surface area contributed by atoms with Crippen LogP contribution in [0.15, 0.2) is 0 Å². The van der Waals surface area contributed by atoms with Gasteiger partial charge in [0.15, 0.2) is 0 Å². The Hall–Kier alpha value is -0.120. The second-order valence-electron chi connectivity index (χ2n) is 5.17. The third-order valence-electron chi connectivity index (χ3n) is 3.85. The Balaban J connectivity index is 2.32. The standard InChI is InChI=1S/C13H27NO2/c1-4-11-5-6-13(15)12(9-11)10-14(2)7-8-16-3/h11-13,15H,4-10H2,1-3H3. The number of ether oxygens (including phenoxy) is 1. The van der Waals surface area contributed by atoms with Crippen LogP contribution in [-0.4, -0.2) is 50.0 Å². The molecule has 3 unspecified atom stereocenters. The van der Waals surface area contributed by atoms with E-state index < -0.39 is 0 Å². The number of likely N-dealkylation sites (N-methyl/N-ethyl adjacent to an activating group) is 1. The van der Waals surface area contributed by atoms with Crippen LogP contribution < -0.4 is 0 Å². The van der Waals surface area contributed by atoms with Gasteiger partial charge in [-0.1, -0.05) is 13.3 Å². The summed E-state index contributed by atoms with van der Waals surface area (Å²) < 4.78 is 5.07. The molecule has 16 heavy (non-hydrogen) atoms. The molecule has 0 bridgehead atoms. The van der Waals surface area contributed by atoms with E-state index in [1.54, 1.807) is 7.11 Å². The van der Waals surface area contributed by atoms with E-state index in [4.69, 9.17) is 4.74 Å². The van der Waals surface area contributed by atoms with E-state index in [9.17, 15) is 5.11 Å². The number of aliphatic hydroxyl groups is 1. The van der Waals surface area contributed by atoms with Crippen LogP contribution in [0.2, 0.25) is 0 Å². The summed E-state index contributed by atoms with van der Waals surface area (Å²) in [6.07, 6.45) is 4.55. The Morgan fingerprint density at radius 3 is 2.75 bits per heavy atom. The number of methoxy groups -OCH3 is 1. The fraction of sp³-hybridized carbons (Fsp3) is 1.00. The number of nitrogens with zero attached hydrogens (tertiary/aromatic N) is 1. The van der Waals surface area contributed by atoms with E-state index >= 15 is 0 Å². The average molecular weight is 229 g/mol. The molecule has 0 amide bonds. The maximum atomic E-state index is 10.00. The fourth-order valence-corrected chi connectivity index (χ4v) is 2.65. The van der Waals surface area contributed by atoms with Crippen molar-refractivity contribution < 1.29 is 9.84 Å². The van der Waals surface area contributed by atoms with Gasteiger partial charge in [0.2, 0.25) is 0 Å². The molecule has 1 saturated carbocycles. The van der Waals surface area contributed by atoms with Crippen molar-refractivity contribution in [3.05, 3.63) is 0 Å². The molecule has 1 aliphatic carbocycles. The van der Waals surface area contributed by atoms with Gasteiger partial charge in [0, 0.05) is 20.2 Å². The summed E-state index contributed by atoms with van der Waals surface area (Å²) in [5.41, 5.74) is 0. The fourth-order valence-electron chi connectivity index (χ4n) is 2.65. The molecule has 1 rings (SSSR count). The second-order valence-corrected chi connectivity index (χ2v) is 5.17. The van der Waals surface area contributed by atoms with Crippen LogP contribution in [0.4, 0.5) is 0 Å². The predicted octanol–water partition coefficient (Wildman–Crippen LogP) is 1.75. The summed E-state index contributed by atoms with van der Waals surface area (Å²) in [6, 6.07) is 0. The van der Waals surface area contributed by atoms with Gasteiger partial charge < -0.3 is 14.7 Å². The van der Waals surface area contributed by atoms with Crippen LogP contribution >= 0.6 is 0 Å². The Kier molecular flexibility index (Phi) is 6.32. The van der Waals surface area contributed by atoms with Gasteiger partial charge in [-0.2, -0.15) is 0 Å². The largest absolute Gasteiger partial charge is 0.393 e. The molecule has 0 aromatic heterocycles. The molecule has 1 aliphatic rings. The molecular formula is C13H27NO2. The van der Waals surface area contributed by atoms with E-state index in [0.717, 1.165) is 32.0 Å². The molecule has 3 nitrogen and oxygen atoms in total. The van der Waals surface area contributed by atoms with Crippen molar-refractivity contribution in [1.82, 2.24) is 4.90 Å². The van der Waals surface area contributed by atoms with E-state index in [1.807, 2.05) is 0 Å². The highest BCUT2D eigenvalue weighted by Gasteiger charge is 2.28. The molecule has 0 aromatic carbocycles. The maximum Gasteiger partial charge on any atom is 0.0589 e. The second kappa shape index (κ2) is 7.25. The lowest BCUT2D eigenvalue weighted by Crippen LogP contribution is -2.38. The minimum absolute atomic E-state index is 0.0900. The van der Waals surface area contributed by atoms with E-state index in [0.29, 0.717) is 5.92 Å². The molecule has 3 atom stereocenters. The smallest absolute Gasteiger partial charge is 0.0589 e. The highest BCUT2D eigenvalue weighted by atomic mass is 16.5. The minimum atomic E-state index is -0.0900. The highest BCUT2D eigenvalue weighted by molar-refractivity contribution is 4.81. The molecule has 0 radical (unpaired) electrons. The zero-order chi connectivity index (χ0) is 12.0. The Morgan fingerprint density at radius 1 is 1.38 bits per heavy atom. The van der Waals surface area contributed by atoms with Gasteiger partial charge in [-0.05, 0) is 38.1 Å². The Bertz CT molecular complexity index is 187. The minimum Gasteiger partial charge on any atom is -0.393 e. The molecule has 0 heterocycles. The summed E-state index contributed by atoms with van der Waals surface area (Å²) in [7, 11) is 3.84. The molecule has 0 aliphatic heterocycles. The molecular weight excluding hydrogens is 202 g/mol. The summed E-state index contributed by atoms with van der Waals surface area (Å²) in [5.74, 6) is 1.28. The zero-order valence-corrected chi connectivity index (χ0v) is 11.0. The molecule has 0 spiro atoms. The molecule has 3 heteroatoms. The first-order chi connectivity index (χ1) is 7.67. The highest BCUT2D eigenvalue weighted by Crippen LogP contribution is 2.31. The van der Waals surface area contributed by atoms with Crippen molar-refractivity contribution >= 4 is 0 Å². The first kappa shape index (κ1) is 13.9. The number of hydrogen-bond donors (Lipinski definition) is 1. The zero-order valence-electron chi connectivity index (χ0n) is 11.0. The lowest BCUT2D eigenvalue weighted by atomic mass is 9.78. The van der Waals surface area contributed by atoms with E-state index in [1.165, 1.54) is 19.3 Å². The molecule has 0 saturated heterocycles. The van der Waals surface area contributed by atoms with Gasteiger partial charge in [0.05, 0.1) is 12.7 Å². The third kappa shape index (κ3) is 4.40. The quantitative estimate of drug-likeness (QED) is 0.753. The first-order valence-electron chi connectivity index (χ1n) is 6.52. The number of aliphatic hydroxyl groups excluding tert-OH is 1. The van der Waals surface area contributed by atoms with Crippen molar-refractivity contribution in [1.29, 1.82) is 0 Å². The Morgan fingerprint density at radius 2 is 2.12 bits per heavy atom. The van der Waals surface area contributed by atoms with Gasteiger partial charge in [0.25, 0.3) is 0 Å². The van der Waals surface area contributed by atoms with Crippen LogP contribution in [-0.2, 0) is 4.74 Å². The third-order valence-corrected chi connectivity index (χ3v) is 3.85. The van der Waals surface area contributed by atoms with Gasteiger partial charge in [-0.3, -0.25) is 0 Å². The lowest BCUT2D eigenvalue weighted by molar-refractivity contribution is 0.0273. The van der Waals surface area contributed by atoms with Crippen LogP contribution in [0, 0.1) is 11.8 Å². The lowest BCUT2D eigenvalue weighted by Gasteiger charge is -2.35. The number of rotatable bonds is 6. The molecule has 1 N–H and O–H groups in total. The molecule has 96 valence electrons. The predicted molar refractivity (Wildman–Crippen MR) is 66.5 cm³/mol. The summed E-state index contributed by atoms with van der Waals surface area (Å²) >= 11 is 0. The van der Waals surface area contributed by atoms with Crippen molar-refractivity contribution in [2.24, 2.45) is 11.8 Å². The average Bonchev–Trinajstić information content (AvgIpc) is 2.29. The van der Waals surface area contributed by atoms with E-state index in [2.05, 4.69) is 18.9 Å². The topological polar surface area (TPSA) is 32.7 Å². The maximum absolute atomic E-state index is 10.00. The van der Waals surface area contributed by atoms with Crippen molar-refractivity contribution in [3.8, 4) is 0 Å². The molecule has 1 fully saturated rings. The normalized spacial score (nSPS) is 30.9. The van der Waals surface area contributed by atoms with Gasteiger partial charge >= 0.3 is 0 Å². The van der Waals surface area contributed by atoms with Crippen LogP contribution in [0.1, 0.15) is 32.6 Å². The SMILES string of the molecule is CCC1CCC(O)C(CN(C)CCOC)C1. The Labute approximate surface area is 99.8 Å². The van der Waals surface area contributed by atoms with Crippen LogP contribution in [0.3, 0.4) is 0 Å². The van der Waals surface area contributed by atoms with Crippen LogP contribution in [0.25, 0.3) is 0 Å². The summed E-state index contributed by atoms with van der Waals surface area (Å²) in [6.45, 7) is 4.99. The van der Waals surface area contributed by atoms with Crippen molar-refractivity contribution in [3.63, 3.8) is 0 Å². The van der Waals surface area contributed by atoms with E-state index in [-0.39, 0.29) is 6.10 Å². The van der Waals surface area contributed by atoms with Crippen molar-refractivity contribution in [2.45, 2.75) is 38.7 Å². The summed E-state index contributed by atoms with van der Waals surface area (Å²) in [5, 5.41) is 10.00.